The average molecular weight is 389 g/mol. The number of hydrogen-bond donors (Lipinski definition) is 1. The smallest absolute Gasteiger partial charge is 0.264 e. The van der Waals surface area contributed by atoms with Crippen molar-refractivity contribution in [2.75, 3.05) is 6.61 Å². The molecule has 5 nitrogen and oxygen atoms in total. The van der Waals surface area contributed by atoms with Crippen molar-refractivity contribution in [2.45, 2.75) is 6.92 Å². The van der Waals surface area contributed by atoms with Crippen LogP contribution in [0.25, 0.3) is 10.9 Å². The number of carbonyl (C=O) groups is 2. The highest BCUT2D eigenvalue weighted by atomic mass is 35.5. The number of imide groups is 1. The molecule has 0 bridgehead atoms. The number of aryl methyl sites for hydroxylation is 1. The van der Waals surface area contributed by atoms with Gasteiger partial charge in [-0.25, -0.2) is 4.98 Å². The van der Waals surface area contributed by atoms with E-state index in [0.29, 0.717) is 21.5 Å². The maximum Gasteiger partial charge on any atom is 0.264 e. The minimum absolute atomic E-state index is 0.239. The number of fused-ring (bicyclic) bond motifs is 1. The number of aromatic nitrogens is 1. The summed E-state index contributed by atoms with van der Waals surface area (Å²) in [5, 5.41) is 3.61. The molecule has 1 N–H and O–H groups in total. The zero-order chi connectivity index (χ0) is 18.7. The summed E-state index contributed by atoms with van der Waals surface area (Å²) >= 11 is 12.4. The van der Waals surface area contributed by atoms with Crippen molar-refractivity contribution in [3.8, 4) is 5.75 Å². The van der Waals surface area contributed by atoms with E-state index < -0.39 is 11.8 Å². The summed E-state index contributed by atoms with van der Waals surface area (Å²) in [6.45, 7) is 1.44. The SMILES string of the molecule is Cc1ccc2c(Cl)cc(Cl)c(OCC(=O)NC(=O)c3ccccc3)c2n1. The van der Waals surface area contributed by atoms with E-state index in [9.17, 15) is 9.59 Å². The third-order valence-corrected chi connectivity index (χ3v) is 4.21. The number of rotatable bonds is 4. The number of ether oxygens (including phenoxy) is 1. The molecule has 0 fully saturated rings. The molecule has 0 spiro atoms. The van der Waals surface area contributed by atoms with Crippen LogP contribution in [0.2, 0.25) is 10.0 Å². The highest BCUT2D eigenvalue weighted by Crippen LogP contribution is 2.37. The van der Waals surface area contributed by atoms with Gasteiger partial charge in [-0.1, -0.05) is 41.4 Å². The van der Waals surface area contributed by atoms with Gasteiger partial charge in [0.15, 0.2) is 12.4 Å². The van der Waals surface area contributed by atoms with Crippen LogP contribution in [0.4, 0.5) is 0 Å². The molecule has 26 heavy (non-hydrogen) atoms. The third-order valence-electron chi connectivity index (χ3n) is 3.61. The zero-order valence-corrected chi connectivity index (χ0v) is 15.3. The van der Waals surface area contributed by atoms with Gasteiger partial charge in [0.05, 0.1) is 10.0 Å². The van der Waals surface area contributed by atoms with Crippen LogP contribution in [-0.4, -0.2) is 23.4 Å². The second-order valence-electron chi connectivity index (χ2n) is 5.55. The molecule has 0 aliphatic carbocycles. The van der Waals surface area contributed by atoms with Gasteiger partial charge in [-0.3, -0.25) is 14.9 Å². The lowest BCUT2D eigenvalue weighted by Crippen LogP contribution is -2.34. The Labute approximate surface area is 159 Å². The van der Waals surface area contributed by atoms with E-state index in [1.165, 1.54) is 6.07 Å². The monoisotopic (exact) mass is 388 g/mol. The molecule has 2 aromatic carbocycles. The normalized spacial score (nSPS) is 10.6. The molecule has 1 heterocycles. The quantitative estimate of drug-likeness (QED) is 0.727. The van der Waals surface area contributed by atoms with Crippen molar-refractivity contribution in [1.29, 1.82) is 0 Å². The molecule has 0 atom stereocenters. The van der Waals surface area contributed by atoms with Crippen molar-refractivity contribution in [3.05, 3.63) is 69.8 Å². The van der Waals surface area contributed by atoms with Gasteiger partial charge in [-0.15, -0.1) is 0 Å². The summed E-state index contributed by atoms with van der Waals surface area (Å²) in [7, 11) is 0. The van der Waals surface area contributed by atoms with Crippen molar-refractivity contribution in [1.82, 2.24) is 10.3 Å². The predicted molar refractivity (Wildman–Crippen MR) is 101 cm³/mol. The fourth-order valence-electron chi connectivity index (χ4n) is 2.39. The summed E-state index contributed by atoms with van der Waals surface area (Å²) in [5.41, 5.74) is 1.60. The molecule has 0 unspecified atom stereocenters. The number of hydrogen-bond acceptors (Lipinski definition) is 4. The van der Waals surface area contributed by atoms with E-state index in [0.717, 1.165) is 5.69 Å². The van der Waals surface area contributed by atoms with E-state index >= 15 is 0 Å². The Bertz CT molecular complexity index is 991. The average Bonchev–Trinajstić information content (AvgIpc) is 2.62. The first kappa shape index (κ1) is 18.2. The van der Waals surface area contributed by atoms with E-state index in [1.54, 1.807) is 30.3 Å². The minimum Gasteiger partial charge on any atom is -0.480 e. The Morgan fingerprint density at radius 1 is 1.08 bits per heavy atom. The zero-order valence-electron chi connectivity index (χ0n) is 13.8. The van der Waals surface area contributed by atoms with Crippen LogP contribution in [0.3, 0.4) is 0 Å². The van der Waals surface area contributed by atoms with Gasteiger partial charge < -0.3 is 4.74 Å². The van der Waals surface area contributed by atoms with Gasteiger partial charge in [0.2, 0.25) is 0 Å². The van der Waals surface area contributed by atoms with Gasteiger partial charge in [0.1, 0.15) is 5.52 Å². The number of nitrogens with zero attached hydrogens (tertiary/aromatic N) is 1. The minimum atomic E-state index is -0.592. The lowest BCUT2D eigenvalue weighted by atomic mass is 10.2. The summed E-state index contributed by atoms with van der Waals surface area (Å²) in [6.07, 6.45) is 0. The van der Waals surface area contributed by atoms with Gasteiger partial charge >= 0.3 is 0 Å². The van der Waals surface area contributed by atoms with Crippen LogP contribution in [0.15, 0.2) is 48.5 Å². The fraction of sp³-hybridized carbons (Fsp3) is 0.105. The third kappa shape index (κ3) is 3.95. The lowest BCUT2D eigenvalue weighted by Gasteiger charge is -2.12. The van der Waals surface area contributed by atoms with E-state index in [1.807, 2.05) is 19.1 Å². The molecule has 132 valence electrons. The fourth-order valence-corrected chi connectivity index (χ4v) is 2.96. The van der Waals surface area contributed by atoms with Crippen LogP contribution in [0.1, 0.15) is 16.1 Å². The number of amides is 2. The first-order chi connectivity index (χ1) is 12.5. The Balaban J connectivity index is 1.76. The van der Waals surface area contributed by atoms with Crippen LogP contribution < -0.4 is 10.1 Å². The molecule has 1 aromatic heterocycles. The Morgan fingerprint density at radius 3 is 2.54 bits per heavy atom. The molecule has 0 aliphatic rings. The van der Waals surface area contributed by atoms with Crippen molar-refractivity contribution < 1.29 is 14.3 Å². The summed E-state index contributed by atoms with van der Waals surface area (Å²) in [6, 6.07) is 13.6. The Kier molecular flexibility index (Phi) is 5.40. The molecule has 0 saturated carbocycles. The Morgan fingerprint density at radius 2 is 1.81 bits per heavy atom. The predicted octanol–water partition coefficient (Wildman–Crippen LogP) is 4.19. The maximum absolute atomic E-state index is 12.0. The number of nitrogens with one attached hydrogen (secondary N) is 1. The molecule has 2 amide bonds. The topological polar surface area (TPSA) is 68.3 Å². The molecule has 3 rings (SSSR count). The largest absolute Gasteiger partial charge is 0.480 e. The second-order valence-corrected chi connectivity index (χ2v) is 6.36. The van der Waals surface area contributed by atoms with Gasteiger partial charge in [0, 0.05) is 16.6 Å². The number of carbonyl (C=O) groups excluding carboxylic acids is 2. The first-order valence-electron chi connectivity index (χ1n) is 7.73. The molecule has 3 aromatic rings. The summed E-state index contributed by atoms with van der Waals surface area (Å²) < 4.78 is 5.54. The Hall–Kier alpha value is -2.63. The molecule has 7 heteroatoms. The maximum atomic E-state index is 12.0. The van der Waals surface area contributed by atoms with Crippen LogP contribution in [0.5, 0.6) is 5.75 Å². The highest BCUT2D eigenvalue weighted by Gasteiger charge is 2.16. The standard InChI is InChI=1S/C19H14Cl2N2O3/c1-11-7-8-13-14(20)9-15(21)18(17(13)22-11)26-10-16(24)23-19(25)12-5-3-2-4-6-12/h2-9H,10H2,1H3,(H,23,24,25). The van der Waals surface area contributed by atoms with Crippen LogP contribution in [0, 0.1) is 6.92 Å². The number of halogens is 2. The van der Waals surface area contributed by atoms with E-state index in [2.05, 4.69) is 10.3 Å². The van der Waals surface area contributed by atoms with Crippen molar-refractivity contribution in [2.24, 2.45) is 0 Å². The summed E-state index contributed by atoms with van der Waals surface area (Å²) in [4.78, 5) is 28.4. The molecule has 0 radical (unpaired) electrons. The number of pyridine rings is 1. The second kappa shape index (κ2) is 7.72. The van der Waals surface area contributed by atoms with Gasteiger partial charge in [-0.05, 0) is 37.3 Å². The lowest BCUT2D eigenvalue weighted by molar-refractivity contribution is -0.122. The van der Waals surface area contributed by atoms with Crippen molar-refractivity contribution >= 4 is 45.9 Å². The van der Waals surface area contributed by atoms with Gasteiger partial charge in [0.25, 0.3) is 11.8 Å². The molecule has 0 aliphatic heterocycles. The first-order valence-corrected chi connectivity index (χ1v) is 8.48. The van der Waals surface area contributed by atoms with E-state index in [4.69, 9.17) is 27.9 Å². The highest BCUT2D eigenvalue weighted by molar-refractivity contribution is 6.39. The van der Waals surface area contributed by atoms with Gasteiger partial charge in [-0.2, -0.15) is 0 Å². The molecular weight excluding hydrogens is 375 g/mol. The van der Waals surface area contributed by atoms with Crippen molar-refractivity contribution in [3.63, 3.8) is 0 Å². The van der Waals surface area contributed by atoms with Crippen LogP contribution >= 0.6 is 23.2 Å². The molecule has 0 saturated heterocycles. The van der Waals surface area contributed by atoms with E-state index in [-0.39, 0.29) is 17.4 Å². The number of benzene rings is 2. The molecular formula is C19H14Cl2N2O3. The summed E-state index contributed by atoms with van der Waals surface area (Å²) in [5.74, 6) is -0.844. The van der Waals surface area contributed by atoms with Crippen LogP contribution in [-0.2, 0) is 4.79 Å².